The first-order valence-corrected chi connectivity index (χ1v) is 9.06. The molecular formula is C20H25N3O3. The maximum atomic E-state index is 12.7. The van der Waals surface area contributed by atoms with Crippen molar-refractivity contribution in [2.24, 2.45) is 5.92 Å². The minimum atomic E-state index is -0.729. The summed E-state index contributed by atoms with van der Waals surface area (Å²) in [6.07, 6.45) is 4.45. The van der Waals surface area contributed by atoms with Crippen molar-refractivity contribution in [2.45, 2.75) is 52.1 Å². The van der Waals surface area contributed by atoms with Gasteiger partial charge in [-0.25, -0.2) is 0 Å². The Morgan fingerprint density at radius 3 is 2.58 bits per heavy atom. The van der Waals surface area contributed by atoms with Crippen LogP contribution in [-0.2, 0) is 11.3 Å². The van der Waals surface area contributed by atoms with E-state index in [9.17, 15) is 9.59 Å². The van der Waals surface area contributed by atoms with Crippen molar-refractivity contribution < 1.29 is 14.7 Å². The van der Waals surface area contributed by atoms with E-state index in [-0.39, 0.29) is 17.9 Å². The number of rotatable bonds is 5. The summed E-state index contributed by atoms with van der Waals surface area (Å²) >= 11 is 0. The first-order valence-electron chi connectivity index (χ1n) is 9.06. The van der Waals surface area contributed by atoms with Crippen molar-refractivity contribution in [3.05, 3.63) is 53.1 Å². The highest BCUT2D eigenvalue weighted by molar-refractivity contribution is 5.96. The lowest BCUT2D eigenvalue weighted by molar-refractivity contribution is -0.142. The molecule has 6 nitrogen and oxygen atoms in total. The largest absolute Gasteiger partial charge is 0.481 e. The number of carboxylic acid groups (broad SMARTS) is 1. The molecule has 0 saturated heterocycles. The number of nitrogens with one attached hydrogen (secondary N) is 1. The van der Waals surface area contributed by atoms with Crippen LogP contribution in [0.25, 0.3) is 0 Å². The molecule has 2 heterocycles. The molecule has 0 bridgehead atoms. The fourth-order valence-electron chi connectivity index (χ4n) is 3.68. The van der Waals surface area contributed by atoms with Gasteiger partial charge in [0.05, 0.1) is 23.7 Å². The van der Waals surface area contributed by atoms with E-state index in [1.165, 1.54) is 0 Å². The number of pyridine rings is 1. The fourth-order valence-corrected chi connectivity index (χ4v) is 3.68. The second-order valence-corrected chi connectivity index (χ2v) is 7.05. The first kappa shape index (κ1) is 18.2. The van der Waals surface area contributed by atoms with Gasteiger partial charge in [-0.05, 0) is 57.7 Å². The molecule has 2 aromatic rings. The fraction of sp³-hybridized carbons (Fsp3) is 0.450. The zero-order valence-electron chi connectivity index (χ0n) is 15.2. The molecule has 0 atom stereocenters. The average Bonchev–Trinajstić information content (AvgIpc) is 2.91. The minimum Gasteiger partial charge on any atom is -0.481 e. The molecule has 1 amide bonds. The van der Waals surface area contributed by atoms with Crippen LogP contribution in [-0.4, -0.2) is 32.6 Å². The number of aromatic nitrogens is 2. The third kappa shape index (κ3) is 3.95. The van der Waals surface area contributed by atoms with Crippen molar-refractivity contribution in [3.63, 3.8) is 0 Å². The number of carboxylic acids is 1. The Morgan fingerprint density at radius 1 is 1.23 bits per heavy atom. The highest BCUT2D eigenvalue weighted by atomic mass is 16.4. The van der Waals surface area contributed by atoms with Crippen molar-refractivity contribution in [1.29, 1.82) is 0 Å². The number of hydrogen-bond acceptors (Lipinski definition) is 3. The van der Waals surface area contributed by atoms with E-state index in [2.05, 4.69) is 14.9 Å². The molecule has 1 fully saturated rings. The maximum absolute atomic E-state index is 12.7. The number of aryl methyl sites for hydroxylation is 1. The summed E-state index contributed by atoms with van der Waals surface area (Å²) in [7, 11) is 0. The zero-order chi connectivity index (χ0) is 18.7. The van der Waals surface area contributed by atoms with E-state index < -0.39 is 5.97 Å². The molecule has 3 rings (SSSR count). The molecule has 26 heavy (non-hydrogen) atoms. The molecule has 1 saturated carbocycles. The van der Waals surface area contributed by atoms with E-state index in [0.717, 1.165) is 29.9 Å². The molecule has 0 spiro atoms. The Bertz CT molecular complexity index is 790. The van der Waals surface area contributed by atoms with Gasteiger partial charge < -0.3 is 15.0 Å². The third-order valence-electron chi connectivity index (χ3n) is 5.28. The lowest BCUT2D eigenvalue weighted by Gasteiger charge is -2.26. The topological polar surface area (TPSA) is 84.2 Å². The van der Waals surface area contributed by atoms with Gasteiger partial charge >= 0.3 is 5.97 Å². The van der Waals surface area contributed by atoms with Gasteiger partial charge in [-0.15, -0.1) is 0 Å². The lowest BCUT2D eigenvalue weighted by atomic mass is 9.86. The minimum absolute atomic E-state index is 0.0527. The second-order valence-electron chi connectivity index (χ2n) is 7.05. The predicted molar refractivity (Wildman–Crippen MR) is 98.1 cm³/mol. The number of nitrogens with zero attached hydrogens (tertiary/aromatic N) is 2. The predicted octanol–water partition coefficient (Wildman–Crippen LogP) is 2.92. The van der Waals surface area contributed by atoms with Crippen molar-refractivity contribution in [3.8, 4) is 0 Å². The Labute approximate surface area is 153 Å². The summed E-state index contributed by atoms with van der Waals surface area (Å²) in [5.41, 5.74) is 3.57. The monoisotopic (exact) mass is 355 g/mol. The van der Waals surface area contributed by atoms with E-state index in [4.69, 9.17) is 5.11 Å². The van der Waals surface area contributed by atoms with Crippen LogP contribution in [0.1, 0.15) is 53.1 Å². The quantitative estimate of drug-likeness (QED) is 0.864. The van der Waals surface area contributed by atoms with Crippen LogP contribution >= 0.6 is 0 Å². The van der Waals surface area contributed by atoms with Crippen LogP contribution < -0.4 is 5.32 Å². The van der Waals surface area contributed by atoms with Crippen LogP contribution in [0.3, 0.4) is 0 Å². The van der Waals surface area contributed by atoms with E-state index in [1.807, 2.05) is 38.1 Å². The van der Waals surface area contributed by atoms with Crippen LogP contribution in [0.2, 0.25) is 0 Å². The zero-order valence-corrected chi connectivity index (χ0v) is 15.2. The molecule has 6 heteroatoms. The summed E-state index contributed by atoms with van der Waals surface area (Å²) in [6, 6.07) is 7.78. The van der Waals surface area contributed by atoms with Crippen LogP contribution in [0.5, 0.6) is 0 Å². The van der Waals surface area contributed by atoms with Crippen molar-refractivity contribution in [1.82, 2.24) is 14.9 Å². The molecule has 0 aromatic carbocycles. The Kier molecular flexibility index (Phi) is 5.40. The van der Waals surface area contributed by atoms with Gasteiger partial charge in [0.2, 0.25) is 0 Å². The molecule has 2 aromatic heterocycles. The molecule has 1 aliphatic carbocycles. The first-order chi connectivity index (χ1) is 12.5. The Balaban J connectivity index is 1.67. The second kappa shape index (κ2) is 7.72. The highest BCUT2D eigenvalue weighted by Gasteiger charge is 2.27. The van der Waals surface area contributed by atoms with Crippen LogP contribution in [0.4, 0.5) is 0 Å². The number of amides is 1. The summed E-state index contributed by atoms with van der Waals surface area (Å²) in [6.45, 7) is 4.58. The average molecular weight is 355 g/mol. The number of aliphatic carboxylic acids is 1. The number of carbonyl (C=O) groups excluding carboxylic acids is 1. The van der Waals surface area contributed by atoms with Crippen LogP contribution in [0.15, 0.2) is 30.5 Å². The standard InChI is InChI=1S/C20H25N3O3/c1-13-11-18(14(2)23(13)12-17-5-3-4-10-21-17)19(24)22-16-8-6-15(7-9-16)20(25)26/h3-5,10-11,15-16H,6-9,12H2,1-2H3,(H,22,24)(H,25,26). The normalized spacial score (nSPS) is 19.9. The summed E-state index contributed by atoms with van der Waals surface area (Å²) < 4.78 is 2.10. The summed E-state index contributed by atoms with van der Waals surface area (Å²) in [4.78, 5) is 28.1. The Morgan fingerprint density at radius 2 is 1.96 bits per heavy atom. The highest BCUT2D eigenvalue weighted by Crippen LogP contribution is 2.25. The van der Waals surface area contributed by atoms with Crippen molar-refractivity contribution in [2.75, 3.05) is 0 Å². The van der Waals surface area contributed by atoms with Gasteiger partial charge in [-0.2, -0.15) is 0 Å². The molecular weight excluding hydrogens is 330 g/mol. The van der Waals surface area contributed by atoms with Gasteiger partial charge in [0.25, 0.3) is 5.91 Å². The molecule has 2 N–H and O–H groups in total. The van der Waals surface area contributed by atoms with Gasteiger partial charge in [0, 0.05) is 23.6 Å². The number of hydrogen-bond donors (Lipinski definition) is 2. The molecule has 0 aliphatic heterocycles. The SMILES string of the molecule is Cc1cc(C(=O)NC2CCC(C(=O)O)CC2)c(C)n1Cc1ccccn1. The number of carbonyl (C=O) groups is 2. The molecule has 138 valence electrons. The van der Waals surface area contributed by atoms with Gasteiger partial charge in [0.15, 0.2) is 0 Å². The maximum Gasteiger partial charge on any atom is 0.306 e. The summed E-state index contributed by atoms with van der Waals surface area (Å²) in [5, 5.41) is 12.2. The van der Waals surface area contributed by atoms with E-state index >= 15 is 0 Å². The Hall–Kier alpha value is -2.63. The lowest BCUT2D eigenvalue weighted by Crippen LogP contribution is -2.38. The van der Waals surface area contributed by atoms with Gasteiger partial charge in [-0.3, -0.25) is 14.6 Å². The van der Waals surface area contributed by atoms with Gasteiger partial charge in [-0.1, -0.05) is 6.07 Å². The van der Waals surface area contributed by atoms with Crippen LogP contribution in [0, 0.1) is 19.8 Å². The van der Waals surface area contributed by atoms with Gasteiger partial charge in [0.1, 0.15) is 0 Å². The molecule has 0 unspecified atom stereocenters. The summed E-state index contributed by atoms with van der Waals surface area (Å²) in [5.74, 6) is -1.08. The van der Waals surface area contributed by atoms with Crippen molar-refractivity contribution >= 4 is 11.9 Å². The van der Waals surface area contributed by atoms with E-state index in [1.54, 1.807) is 6.20 Å². The third-order valence-corrected chi connectivity index (χ3v) is 5.28. The molecule has 0 radical (unpaired) electrons. The van der Waals surface area contributed by atoms with E-state index in [0.29, 0.717) is 24.9 Å². The smallest absolute Gasteiger partial charge is 0.306 e. The molecule has 1 aliphatic rings.